The smallest absolute Gasteiger partial charge is 0.267 e. The van der Waals surface area contributed by atoms with E-state index in [0.29, 0.717) is 11.3 Å². The zero-order valence-corrected chi connectivity index (χ0v) is 10.8. The van der Waals surface area contributed by atoms with E-state index in [9.17, 15) is 9.18 Å². The van der Waals surface area contributed by atoms with Gasteiger partial charge in [-0.05, 0) is 56.2 Å². The third kappa shape index (κ3) is 1.55. The van der Waals surface area contributed by atoms with Gasteiger partial charge in [0.05, 0.1) is 17.1 Å². The monoisotopic (exact) mass is 258 g/mol. The second-order valence-corrected chi connectivity index (χ2v) is 5.76. The highest BCUT2D eigenvalue weighted by Gasteiger charge is 2.32. The van der Waals surface area contributed by atoms with Gasteiger partial charge in [0.2, 0.25) is 0 Å². The molecule has 2 aliphatic carbocycles. The van der Waals surface area contributed by atoms with Crippen molar-refractivity contribution >= 4 is 10.8 Å². The maximum absolute atomic E-state index is 13.6. The molecule has 1 heterocycles. The van der Waals surface area contributed by atoms with Crippen molar-refractivity contribution in [3.63, 3.8) is 0 Å². The molecule has 0 amide bonds. The summed E-state index contributed by atoms with van der Waals surface area (Å²) >= 11 is 0. The van der Waals surface area contributed by atoms with E-state index in [1.807, 2.05) is 6.92 Å². The molecule has 1 atom stereocenters. The van der Waals surface area contributed by atoms with Crippen LogP contribution in [0.2, 0.25) is 0 Å². The number of hydrogen-bond acceptors (Lipinski definition) is 2. The van der Waals surface area contributed by atoms with Gasteiger partial charge in [-0.2, -0.15) is 5.10 Å². The molecular weight excluding hydrogens is 243 g/mol. The molecule has 0 radical (unpaired) electrons. The second-order valence-electron chi connectivity index (χ2n) is 5.76. The fraction of sp³-hybridized carbons (Fsp3) is 0.467. The Kier molecular flexibility index (Phi) is 2.14. The van der Waals surface area contributed by atoms with Crippen molar-refractivity contribution < 1.29 is 4.39 Å². The molecular formula is C15H15FN2O. The maximum Gasteiger partial charge on any atom is 0.275 e. The molecule has 19 heavy (non-hydrogen) atoms. The quantitative estimate of drug-likeness (QED) is 0.830. The fourth-order valence-corrected chi connectivity index (χ4v) is 3.20. The van der Waals surface area contributed by atoms with E-state index in [4.69, 9.17) is 0 Å². The molecule has 2 aromatic rings. The van der Waals surface area contributed by atoms with Crippen LogP contribution in [0.15, 0.2) is 16.9 Å². The van der Waals surface area contributed by atoms with Crippen molar-refractivity contribution in [2.24, 2.45) is 5.92 Å². The summed E-state index contributed by atoms with van der Waals surface area (Å²) in [5.74, 6) is 0.244. The molecule has 1 unspecified atom stereocenters. The summed E-state index contributed by atoms with van der Waals surface area (Å²) in [7, 11) is 0. The molecule has 1 saturated carbocycles. The van der Waals surface area contributed by atoms with Crippen LogP contribution in [-0.2, 0) is 12.8 Å². The SMILES string of the molecule is CC(C1CC1)n1nc2c3c(cc(F)cc3c1=O)CC2. The molecule has 2 aliphatic rings. The van der Waals surface area contributed by atoms with E-state index >= 15 is 0 Å². The predicted molar refractivity (Wildman–Crippen MR) is 70.8 cm³/mol. The maximum atomic E-state index is 13.6. The van der Waals surface area contributed by atoms with Crippen LogP contribution < -0.4 is 5.56 Å². The summed E-state index contributed by atoms with van der Waals surface area (Å²) in [6, 6.07) is 3.03. The van der Waals surface area contributed by atoms with Gasteiger partial charge in [0.15, 0.2) is 0 Å². The Morgan fingerprint density at radius 3 is 2.89 bits per heavy atom. The van der Waals surface area contributed by atoms with Gasteiger partial charge in [0.1, 0.15) is 5.82 Å². The lowest BCUT2D eigenvalue weighted by molar-refractivity contribution is 0.418. The van der Waals surface area contributed by atoms with Gasteiger partial charge in [-0.25, -0.2) is 9.07 Å². The van der Waals surface area contributed by atoms with Gasteiger partial charge in [-0.1, -0.05) is 0 Å². The Bertz CT molecular complexity index is 746. The van der Waals surface area contributed by atoms with Crippen molar-refractivity contribution in [1.29, 1.82) is 0 Å². The van der Waals surface area contributed by atoms with Gasteiger partial charge in [0, 0.05) is 5.39 Å². The molecule has 1 aromatic heterocycles. The molecule has 0 bridgehead atoms. The summed E-state index contributed by atoms with van der Waals surface area (Å²) < 4.78 is 15.2. The Labute approximate surface area is 110 Å². The van der Waals surface area contributed by atoms with E-state index in [0.717, 1.165) is 42.3 Å². The highest BCUT2D eigenvalue weighted by molar-refractivity contribution is 5.88. The average Bonchev–Trinajstić information content (AvgIpc) is 3.16. The van der Waals surface area contributed by atoms with Crippen LogP contribution in [0.4, 0.5) is 4.39 Å². The Morgan fingerprint density at radius 2 is 2.16 bits per heavy atom. The zero-order valence-electron chi connectivity index (χ0n) is 10.8. The number of hydrogen-bond donors (Lipinski definition) is 0. The van der Waals surface area contributed by atoms with Crippen LogP contribution in [0.25, 0.3) is 10.8 Å². The van der Waals surface area contributed by atoms with E-state index in [2.05, 4.69) is 5.10 Å². The van der Waals surface area contributed by atoms with Crippen molar-refractivity contribution in [2.75, 3.05) is 0 Å². The summed E-state index contributed by atoms with van der Waals surface area (Å²) in [6.07, 6.45) is 3.93. The summed E-state index contributed by atoms with van der Waals surface area (Å²) in [4.78, 5) is 12.5. The first kappa shape index (κ1) is 11.1. The standard InChI is InChI=1S/C15H15FN2O/c1-8(9-2-3-9)18-15(19)12-7-11(16)6-10-4-5-13(17-18)14(10)12/h6-9H,2-5H2,1H3. The molecule has 1 fully saturated rings. The van der Waals surface area contributed by atoms with Crippen LogP contribution in [0.5, 0.6) is 0 Å². The van der Waals surface area contributed by atoms with Gasteiger partial charge in [-0.3, -0.25) is 4.79 Å². The predicted octanol–water partition coefficient (Wildman–Crippen LogP) is 2.61. The van der Waals surface area contributed by atoms with E-state index in [-0.39, 0.29) is 17.4 Å². The normalized spacial score (nSPS) is 19.1. The molecule has 4 rings (SSSR count). The van der Waals surface area contributed by atoms with Crippen LogP contribution in [0.1, 0.15) is 37.1 Å². The molecule has 3 nitrogen and oxygen atoms in total. The number of aryl methyl sites for hydroxylation is 2. The topological polar surface area (TPSA) is 34.9 Å². The number of nitrogens with zero attached hydrogens (tertiary/aromatic N) is 2. The van der Waals surface area contributed by atoms with Crippen molar-refractivity contribution in [3.8, 4) is 0 Å². The summed E-state index contributed by atoms with van der Waals surface area (Å²) in [6.45, 7) is 2.04. The van der Waals surface area contributed by atoms with E-state index < -0.39 is 0 Å². The number of halogens is 1. The Morgan fingerprint density at radius 1 is 1.37 bits per heavy atom. The van der Waals surface area contributed by atoms with Gasteiger partial charge in [0.25, 0.3) is 5.56 Å². The minimum atomic E-state index is -0.315. The number of aromatic nitrogens is 2. The molecule has 4 heteroatoms. The number of rotatable bonds is 2. The fourth-order valence-electron chi connectivity index (χ4n) is 3.20. The van der Waals surface area contributed by atoms with Crippen LogP contribution in [-0.4, -0.2) is 9.78 Å². The highest BCUT2D eigenvalue weighted by Crippen LogP contribution is 2.39. The van der Waals surface area contributed by atoms with Crippen molar-refractivity contribution in [2.45, 2.75) is 38.6 Å². The Balaban J connectivity index is 2.04. The molecule has 0 saturated heterocycles. The first-order valence-electron chi connectivity index (χ1n) is 6.89. The highest BCUT2D eigenvalue weighted by atomic mass is 19.1. The number of benzene rings is 1. The second kappa shape index (κ2) is 3.65. The molecule has 1 aromatic carbocycles. The van der Waals surface area contributed by atoms with Gasteiger partial charge < -0.3 is 0 Å². The van der Waals surface area contributed by atoms with E-state index in [1.165, 1.54) is 12.1 Å². The third-order valence-corrected chi connectivity index (χ3v) is 4.46. The average molecular weight is 258 g/mol. The lowest BCUT2D eigenvalue weighted by atomic mass is 10.1. The van der Waals surface area contributed by atoms with Crippen molar-refractivity contribution in [1.82, 2.24) is 9.78 Å². The summed E-state index contributed by atoms with van der Waals surface area (Å²) in [5.41, 5.74) is 1.75. The molecule has 0 N–H and O–H groups in total. The first-order valence-corrected chi connectivity index (χ1v) is 6.89. The zero-order chi connectivity index (χ0) is 13.1. The minimum absolute atomic E-state index is 0.125. The lowest BCUT2D eigenvalue weighted by Crippen LogP contribution is -2.28. The molecule has 0 spiro atoms. The van der Waals surface area contributed by atoms with E-state index in [1.54, 1.807) is 4.68 Å². The Hall–Kier alpha value is -1.71. The third-order valence-electron chi connectivity index (χ3n) is 4.46. The van der Waals surface area contributed by atoms with Crippen LogP contribution >= 0.6 is 0 Å². The minimum Gasteiger partial charge on any atom is -0.267 e. The van der Waals surface area contributed by atoms with Crippen LogP contribution in [0, 0.1) is 11.7 Å². The van der Waals surface area contributed by atoms with Crippen LogP contribution in [0.3, 0.4) is 0 Å². The first-order chi connectivity index (χ1) is 9.15. The van der Waals surface area contributed by atoms with Gasteiger partial charge >= 0.3 is 0 Å². The van der Waals surface area contributed by atoms with Crippen molar-refractivity contribution in [3.05, 3.63) is 39.6 Å². The van der Waals surface area contributed by atoms with Gasteiger partial charge in [-0.15, -0.1) is 0 Å². The largest absolute Gasteiger partial charge is 0.275 e. The lowest BCUT2D eigenvalue weighted by Gasteiger charge is -2.14. The molecule has 0 aliphatic heterocycles. The molecule has 98 valence electrons. The summed E-state index contributed by atoms with van der Waals surface area (Å²) in [5, 5.41) is 5.94.